The number of carbonyl (C=O) groups is 1. The van der Waals surface area contributed by atoms with Crippen LogP contribution in [0.5, 0.6) is 17.2 Å². The van der Waals surface area contributed by atoms with Crippen molar-refractivity contribution in [1.82, 2.24) is 15.1 Å². The van der Waals surface area contributed by atoms with Gasteiger partial charge in [-0.1, -0.05) is 24.6 Å². The number of amides is 1. The summed E-state index contributed by atoms with van der Waals surface area (Å²) in [5.74, 6) is 1.14. The molecule has 3 aromatic rings. The van der Waals surface area contributed by atoms with Crippen LogP contribution in [0, 0.1) is 0 Å². The standard InChI is InChI=1S/C23H24ClN3O4/c1-4-10-27-22(13-6-9-17(31-5-2)18(11-13)30-3)19-20(25-26-21(19)23(27)29)15-12-14(24)7-8-16(15)28/h6-9,11-12,22,28H,4-5,10H2,1-3H3,(H,25,26). The van der Waals surface area contributed by atoms with Crippen molar-refractivity contribution in [3.05, 3.63) is 58.2 Å². The fraction of sp³-hybridized carbons (Fsp3) is 0.304. The molecular formula is C23H24ClN3O4. The second kappa shape index (κ2) is 8.51. The Hall–Kier alpha value is -3.19. The Morgan fingerprint density at radius 2 is 2.00 bits per heavy atom. The zero-order valence-corrected chi connectivity index (χ0v) is 18.4. The summed E-state index contributed by atoms with van der Waals surface area (Å²) in [4.78, 5) is 15.0. The molecule has 0 saturated carbocycles. The van der Waals surface area contributed by atoms with E-state index in [1.807, 2.05) is 36.9 Å². The molecule has 2 aromatic carbocycles. The maximum absolute atomic E-state index is 13.2. The monoisotopic (exact) mass is 441 g/mol. The van der Waals surface area contributed by atoms with Gasteiger partial charge in [-0.2, -0.15) is 5.10 Å². The van der Waals surface area contributed by atoms with Crippen LogP contribution in [-0.4, -0.2) is 46.4 Å². The molecule has 31 heavy (non-hydrogen) atoms. The molecule has 8 heteroatoms. The zero-order chi connectivity index (χ0) is 22.1. The number of rotatable bonds is 7. The van der Waals surface area contributed by atoms with E-state index in [0.29, 0.717) is 52.2 Å². The molecule has 1 aromatic heterocycles. The minimum absolute atomic E-state index is 0.0446. The number of H-pyrrole nitrogens is 1. The number of aromatic amines is 1. The minimum Gasteiger partial charge on any atom is -0.507 e. The lowest BCUT2D eigenvalue weighted by molar-refractivity contribution is 0.0743. The fourth-order valence-corrected chi connectivity index (χ4v) is 4.22. The predicted molar refractivity (Wildman–Crippen MR) is 118 cm³/mol. The molecule has 7 nitrogen and oxygen atoms in total. The maximum Gasteiger partial charge on any atom is 0.273 e. The van der Waals surface area contributed by atoms with Crippen LogP contribution >= 0.6 is 11.6 Å². The fourth-order valence-electron chi connectivity index (χ4n) is 4.05. The van der Waals surface area contributed by atoms with E-state index >= 15 is 0 Å². The van der Waals surface area contributed by atoms with E-state index < -0.39 is 0 Å². The largest absolute Gasteiger partial charge is 0.507 e. The van der Waals surface area contributed by atoms with Gasteiger partial charge in [0, 0.05) is 22.7 Å². The summed E-state index contributed by atoms with van der Waals surface area (Å²) >= 11 is 6.17. The molecule has 0 saturated heterocycles. The quantitative estimate of drug-likeness (QED) is 0.550. The topological polar surface area (TPSA) is 87.7 Å². The van der Waals surface area contributed by atoms with Crippen LogP contribution in [0.4, 0.5) is 0 Å². The molecule has 1 amide bonds. The van der Waals surface area contributed by atoms with Crippen LogP contribution in [-0.2, 0) is 0 Å². The Morgan fingerprint density at radius 3 is 2.71 bits per heavy atom. The van der Waals surface area contributed by atoms with Crippen molar-refractivity contribution < 1.29 is 19.4 Å². The van der Waals surface area contributed by atoms with Crippen LogP contribution in [0.25, 0.3) is 11.3 Å². The molecule has 1 atom stereocenters. The van der Waals surface area contributed by atoms with Crippen molar-refractivity contribution >= 4 is 17.5 Å². The number of nitrogens with zero attached hydrogens (tertiary/aromatic N) is 2. The summed E-state index contributed by atoms with van der Waals surface area (Å²) in [6.07, 6.45) is 0.797. The third-order valence-electron chi connectivity index (χ3n) is 5.35. The van der Waals surface area contributed by atoms with Gasteiger partial charge < -0.3 is 19.5 Å². The highest BCUT2D eigenvalue weighted by atomic mass is 35.5. The van der Waals surface area contributed by atoms with Gasteiger partial charge in [-0.25, -0.2) is 0 Å². The molecule has 2 heterocycles. The van der Waals surface area contributed by atoms with Crippen LogP contribution in [0.3, 0.4) is 0 Å². The van der Waals surface area contributed by atoms with Gasteiger partial charge in [0.2, 0.25) is 0 Å². The van der Waals surface area contributed by atoms with Gasteiger partial charge >= 0.3 is 0 Å². The molecule has 0 radical (unpaired) electrons. The number of hydrogen-bond donors (Lipinski definition) is 2. The van der Waals surface area contributed by atoms with Crippen LogP contribution < -0.4 is 9.47 Å². The van der Waals surface area contributed by atoms with Crippen molar-refractivity contribution in [2.45, 2.75) is 26.3 Å². The van der Waals surface area contributed by atoms with Crippen LogP contribution in [0.2, 0.25) is 5.02 Å². The minimum atomic E-state index is -0.390. The van der Waals surface area contributed by atoms with Crippen molar-refractivity contribution in [2.24, 2.45) is 0 Å². The summed E-state index contributed by atoms with van der Waals surface area (Å²) in [5.41, 5.74) is 2.96. The summed E-state index contributed by atoms with van der Waals surface area (Å²) in [7, 11) is 1.59. The van der Waals surface area contributed by atoms with Gasteiger partial charge in [-0.15, -0.1) is 0 Å². The smallest absolute Gasteiger partial charge is 0.273 e. The first-order chi connectivity index (χ1) is 15.0. The SMILES string of the molecule is CCCN1C(=O)c2[nH]nc(-c3cc(Cl)ccc3O)c2C1c1ccc(OCC)c(OC)c1. The van der Waals surface area contributed by atoms with Gasteiger partial charge in [0.1, 0.15) is 17.1 Å². The first-order valence-electron chi connectivity index (χ1n) is 10.2. The van der Waals surface area contributed by atoms with E-state index in [9.17, 15) is 9.90 Å². The Balaban J connectivity index is 1.90. The molecule has 2 N–H and O–H groups in total. The van der Waals surface area contributed by atoms with E-state index in [2.05, 4.69) is 10.2 Å². The highest BCUT2D eigenvalue weighted by Gasteiger charge is 2.42. The molecule has 1 aliphatic heterocycles. The molecule has 0 bridgehead atoms. The van der Waals surface area contributed by atoms with Gasteiger partial charge in [0.05, 0.1) is 19.8 Å². The van der Waals surface area contributed by atoms with E-state index in [4.69, 9.17) is 21.1 Å². The summed E-state index contributed by atoms with van der Waals surface area (Å²) in [6, 6.07) is 10.0. The first kappa shape index (κ1) is 21.1. The lowest BCUT2D eigenvalue weighted by Gasteiger charge is -2.26. The highest BCUT2D eigenvalue weighted by molar-refractivity contribution is 6.31. The van der Waals surface area contributed by atoms with E-state index in [1.54, 1.807) is 19.2 Å². The second-order valence-corrected chi connectivity index (χ2v) is 7.70. The average Bonchev–Trinajstić information content (AvgIpc) is 3.30. The van der Waals surface area contributed by atoms with Gasteiger partial charge in [-0.05, 0) is 49.2 Å². The Bertz CT molecular complexity index is 1130. The maximum atomic E-state index is 13.2. The highest BCUT2D eigenvalue weighted by Crippen LogP contribution is 2.46. The van der Waals surface area contributed by atoms with Gasteiger partial charge in [0.25, 0.3) is 5.91 Å². The number of hydrogen-bond acceptors (Lipinski definition) is 5. The average molecular weight is 442 g/mol. The number of carbonyl (C=O) groups excluding carboxylic acids is 1. The molecule has 0 fully saturated rings. The molecule has 1 aliphatic rings. The van der Waals surface area contributed by atoms with E-state index in [1.165, 1.54) is 6.07 Å². The number of phenolic OH excluding ortho intramolecular Hbond substituents is 1. The van der Waals surface area contributed by atoms with E-state index in [-0.39, 0.29) is 17.7 Å². The van der Waals surface area contributed by atoms with E-state index in [0.717, 1.165) is 12.0 Å². The molecule has 0 spiro atoms. The molecule has 0 aliphatic carbocycles. The lowest BCUT2D eigenvalue weighted by atomic mass is 9.95. The number of phenols is 1. The molecular weight excluding hydrogens is 418 g/mol. The normalized spacial score (nSPS) is 15.3. The Kier molecular flexibility index (Phi) is 5.78. The number of aromatic nitrogens is 2. The lowest BCUT2D eigenvalue weighted by Crippen LogP contribution is -2.30. The number of nitrogens with one attached hydrogen (secondary N) is 1. The molecule has 162 valence electrons. The van der Waals surface area contributed by atoms with Crippen LogP contribution in [0.15, 0.2) is 36.4 Å². The second-order valence-electron chi connectivity index (χ2n) is 7.27. The number of aromatic hydroxyl groups is 1. The number of fused-ring (bicyclic) bond motifs is 1. The molecule has 1 unspecified atom stereocenters. The number of methoxy groups -OCH3 is 1. The number of ether oxygens (including phenoxy) is 2. The molecule has 4 rings (SSSR count). The van der Waals surface area contributed by atoms with Crippen molar-refractivity contribution in [3.8, 4) is 28.5 Å². The van der Waals surface area contributed by atoms with Crippen LogP contribution in [0.1, 0.15) is 47.9 Å². The van der Waals surface area contributed by atoms with Crippen molar-refractivity contribution in [2.75, 3.05) is 20.3 Å². The summed E-state index contributed by atoms with van der Waals surface area (Å²) < 4.78 is 11.2. The van der Waals surface area contributed by atoms with Crippen molar-refractivity contribution in [1.29, 1.82) is 0 Å². The number of halogens is 1. The van der Waals surface area contributed by atoms with Crippen molar-refractivity contribution in [3.63, 3.8) is 0 Å². The van der Waals surface area contributed by atoms with Gasteiger partial charge in [0.15, 0.2) is 11.5 Å². The summed E-state index contributed by atoms with van der Waals surface area (Å²) in [6.45, 7) is 5.03. The zero-order valence-electron chi connectivity index (χ0n) is 17.6. The third-order valence-corrected chi connectivity index (χ3v) is 5.58. The number of benzene rings is 2. The Morgan fingerprint density at radius 1 is 1.19 bits per heavy atom. The third kappa shape index (κ3) is 3.59. The first-order valence-corrected chi connectivity index (χ1v) is 10.6. The summed E-state index contributed by atoms with van der Waals surface area (Å²) in [5, 5.41) is 18.2. The van der Waals surface area contributed by atoms with Gasteiger partial charge in [-0.3, -0.25) is 9.89 Å². The Labute approximate surface area is 185 Å². The predicted octanol–water partition coefficient (Wildman–Crippen LogP) is 4.80.